The first-order valence-corrected chi connectivity index (χ1v) is 6.09. The fourth-order valence-corrected chi connectivity index (χ4v) is 2.10. The molecule has 4 nitrogen and oxygen atoms in total. The topological polar surface area (TPSA) is 41.7 Å². The van der Waals surface area contributed by atoms with E-state index in [1.54, 1.807) is 0 Å². The number of benzene rings is 1. The smallest absolute Gasteiger partial charge is 0.142 e. The van der Waals surface area contributed by atoms with E-state index in [1.807, 2.05) is 18.2 Å². The summed E-state index contributed by atoms with van der Waals surface area (Å²) in [6.07, 6.45) is 1.15. The molecule has 0 atom stereocenters. The Balaban J connectivity index is 2.03. The predicted octanol–water partition coefficient (Wildman–Crippen LogP) is 1.42. The molecule has 0 bridgehead atoms. The van der Waals surface area contributed by atoms with Gasteiger partial charge in [0, 0.05) is 12.2 Å². The molecule has 1 aromatic rings. The van der Waals surface area contributed by atoms with E-state index in [2.05, 4.69) is 23.9 Å². The Kier molecular flexibility index (Phi) is 3.74. The molecular formula is C13H21N3O. The van der Waals surface area contributed by atoms with Crippen LogP contribution in [0.3, 0.4) is 0 Å². The van der Waals surface area contributed by atoms with Crippen LogP contribution in [0.4, 0.5) is 11.4 Å². The zero-order valence-corrected chi connectivity index (χ0v) is 10.6. The Morgan fingerprint density at radius 3 is 3.00 bits per heavy atom. The van der Waals surface area contributed by atoms with Gasteiger partial charge in [-0.2, -0.15) is 0 Å². The maximum absolute atomic E-state index is 5.83. The van der Waals surface area contributed by atoms with Crippen LogP contribution in [0.5, 0.6) is 5.75 Å². The summed E-state index contributed by atoms with van der Waals surface area (Å²) >= 11 is 0. The quantitative estimate of drug-likeness (QED) is 0.801. The van der Waals surface area contributed by atoms with Gasteiger partial charge in [0.05, 0.1) is 12.2 Å². The SMILES string of the molecule is CN(C)CCCN1CCOc2ccc(N)cc21. The average molecular weight is 235 g/mol. The molecule has 17 heavy (non-hydrogen) atoms. The molecule has 0 aliphatic carbocycles. The first kappa shape index (κ1) is 12.0. The Morgan fingerprint density at radius 1 is 1.41 bits per heavy atom. The minimum absolute atomic E-state index is 0.763. The Labute approximate surface area is 103 Å². The van der Waals surface area contributed by atoms with E-state index in [-0.39, 0.29) is 0 Å². The molecule has 2 rings (SSSR count). The van der Waals surface area contributed by atoms with Gasteiger partial charge in [-0.1, -0.05) is 0 Å². The number of hydrogen-bond donors (Lipinski definition) is 1. The summed E-state index contributed by atoms with van der Waals surface area (Å²) in [6.45, 7) is 3.87. The molecule has 0 fully saturated rings. The standard InChI is InChI=1S/C13H21N3O/c1-15(2)6-3-7-16-8-9-17-13-5-4-11(14)10-12(13)16/h4-5,10H,3,6-9,14H2,1-2H3. The van der Waals surface area contributed by atoms with Gasteiger partial charge in [0.1, 0.15) is 12.4 Å². The van der Waals surface area contributed by atoms with Gasteiger partial charge in [-0.3, -0.25) is 0 Å². The molecule has 1 aliphatic rings. The maximum atomic E-state index is 5.83. The molecule has 4 heteroatoms. The molecule has 0 amide bonds. The predicted molar refractivity (Wildman–Crippen MR) is 71.7 cm³/mol. The lowest BCUT2D eigenvalue weighted by Gasteiger charge is -2.31. The molecule has 1 aliphatic heterocycles. The molecule has 0 saturated carbocycles. The van der Waals surface area contributed by atoms with E-state index >= 15 is 0 Å². The maximum Gasteiger partial charge on any atom is 0.142 e. The van der Waals surface area contributed by atoms with Gasteiger partial charge in [0.2, 0.25) is 0 Å². The molecule has 0 aromatic heterocycles. The highest BCUT2D eigenvalue weighted by atomic mass is 16.5. The molecule has 2 N–H and O–H groups in total. The minimum atomic E-state index is 0.763. The zero-order chi connectivity index (χ0) is 12.3. The van der Waals surface area contributed by atoms with Crippen molar-refractivity contribution in [3.8, 4) is 5.75 Å². The third-order valence-corrected chi connectivity index (χ3v) is 2.98. The summed E-state index contributed by atoms with van der Waals surface area (Å²) in [5, 5.41) is 0. The van der Waals surface area contributed by atoms with Crippen molar-refractivity contribution in [3.63, 3.8) is 0 Å². The summed E-state index contributed by atoms with van der Waals surface area (Å²) < 4.78 is 5.63. The van der Waals surface area contributed by atoms with Gasteiger partial charge >= 0.3 is 0 Å². The number of nitrogen functional groups attached to an aromatic ring is 1. The van der Waals surface area contributed by atoms with Crippen molar-refractivity contribution in [1.82, 2.24) is 4.90 Å². The third kappa shape index (κ3) is 3.03. The van der Waals surface area contributed by atoms with Crippen molar-refractivity contribution in [3.05, 3.63) is 18.2 Å². The van der Waals surface area contributed by atoms with Crippen LogP contribution in [-0.2, 0) is 0 Å². The summed E-state index contributed by atoms with van der Waals surface area (Å²) in [4.78, 5) is 4.57. The van der Waals surface area contributed by atoms with E-state index in [0.29, 0.717) is 0 Å². The van der Waals surface area contributed by atoms with Crippen molar-refractivity contribution in [2.75, 3.05) is 51.0 Å². The van der Waals surface area contributed by atoms with E-state index in [9.17, 15) is 0 Å². The first-order valence-electron chi connectivity index (χ1n) is 6.09. The largest absolute Gasteiger partial charge is 0.490 e. The third-order valence-electron chi connectivity index (χ3n) is 2.98. The molecule has 0 spiro atoms. The summed E-state index contributed by atoms with van der Waals surface area (Å²) in [6, 6.07) is 5.86. The normalized spacial score (nSPS) is 14.6. The Morgan fingerprint density at radius 2 is 2.24 bits per heavy atom. The van der Waals surface area contributed by atoms with Gasteiger partial charge in [-0.15, -0.1) is 0 Å². The average Bonchev–Trinajstić information content (AvgIpc) is 2.29. The van der Waals surface area contributed by atoms with Gasteiger partial charge in [0.25, 0.3) is 0 Å². The van der Waals surface area contributed by atoms with Crippen LogP contribution in [0, 0.1) is 0 Å². The Bertz CT molecular complexity index is 379. The van der Waals surface area contributed by atoms with E-state index in [1.165, 1.54) is 0 Å². The first-order chi connectivity index (χ1) is 8.16. The monoisotopic (exact) mass is 235 g/mol. The number of fused-ring (bicyclic) bond motifs is 1. The molecule has 94 valence electrons. The number of ether oxygens (including phenoxy) is 1. The second kappa shape index (κ2) is 5.27. The van der Waals surface area contributed by atoms with Gasteiger partial charge < -0.3 is 20.3 Å². The molecule has 0 unspecified atom stereocenters. The summed E-state index contributed by atoms with van der Waals surface area (Å²) in [5.74, 6) is 0.954. The van der Waals surface area contributed by atoms with Crippen LogP contribution in [0.15, 0.2) is 18.2 Å². The van der Waals surface area contributed by atoms with Crippen molar-refractivity contribution in [2.24, 2.45) is 0 Å². The number of nitrogens with zero attached hydrogens (tertiary/aromatic N) is 2. The van der Waals surface area contributed by atoms with Crippen LogP contribution in [-0.4, -0.2) is 45.2 Å². The molecular weight excluding hydrogens is 214 g/mol. The zero-order valence-electron chi connectivity index (χ0n) is 10.6. The summed E-state index contributed by atoms with van der Waals surface area (Å²) in [7, 11) is 4.20. The lowest BCUT2D eigenvalue weighted by molar-refractivity contribution is 0.305. The second-order valence-electron chi connectivity index (χ2n) is 4.72. The van der Waals surface area contributed by atoms with Crippen LogP contribution in [0.2, 0.25) is 0 Å². The van der Waals surface area contributed by atoms with Gasteiger partial charge in [-0.05, 0) is 45.3 Å². The van der Waals surface area contributed by atoms with Crippen LogP contribution in [0.1, 0.15) is 6.42 Å². The fraction of sp³-hybridized carbons (Fsp3) is 0.538. The molecule has 0 saturated heterocycles. The molecule has 0 radical (unpaired) electrons. The van der Waals surface area contributed by atoms with E-state index < -0.39 is 0 Å². The van der Waals surface area contributed by atoms with E-state index in [4.69, 9.17) is 10.5 Å². The lowest BCUT2D eigenvalue weighted by Crippen LogP contribution is -2.34. The Hall–Kier alpha value is -1.42. The highest BCUT2D eigenvalue weighted by Crippen LogP contribution is 2.33. The number of anilines is 2. The lowest BCUT2D eigenvalue weighted by atomic mass is 10.2. The van der Waals surface area contributed by atoms with Gasteiger partial charge in [0.15, 0.2) is 0 Å². The molecule has 1 aromatic carbocycles. The highest BCUT2D eigenvalue weighted by molar-refractivity contribution is 5.65. The van der Waals surface area contributed by atoms with Gasteiger partial charge in [-0.25, -0.2) is 0 Å². The van der Waals surface area contributed by atoms with Crippen LogP contribution >= 0.6 is 0 Å². The van der Waals surface area contributed by atoms with Crippen molar-refractivity contribution in [1.29, 1.82) is 0 Å². The van der Waals surface area contributed by atoms with Crippen molar-refractivity contribution < 1.29 is 4.74 Å². The van der Waals surface area contributed by atoms with E-state index in [0.717, 1.165) is 49.8 Å². The highest BCUT2D eigenvalue weighted by Gasteiger charge is 2.17. The van der Waals surface area contributed by atoms with Crippen molar-refractivity contribution in [2.45, 2.75) is 6.42 Å². The summed E-state index contributed by atoms with van der Waals surface area (Å²) in [5.41, 5.74) is 7.76. The fourth-order valence-electron chi connectivity index (χ4n) is 2.10. The number of nitrogens with two attached hydrogens (primary N) is 1. The number of rotatable bonds is 4. The minimum Gasteiger partial charge on any atom is -0.490 e. The number of hydrogen-bond acceptors (Lipinski definition) is 4. The van der Waals surface area contributed by atoms with Crippen LogP contribution < -0.4 is 15.4 Å². The van der Waals surface area contributed by atoms with Crippen molar-refractivity contribution >= 4 is 11.4 Å². The van der Waals surface area contributed by atoms with Crippen LogP contribution in [0.25, 0.3) is 0 Å². The second-order valence-corrected chi connectivity index (χ2v) is 4.72. The molecule has 1 heterocycles.